The highest BCUT2D eigenvalue weighted by atomic mass is 79.9. The smallest absolute Gasteiger partial charge is 0.240 e. The van der Waals surface area contributed by atoms with Gasteiger partial charge in [0.1, 0.15) is 17.7 Å². The van der Waals surface area contributed by atoms with Crippen molar-refractivity contribution in [1.29, 1.82) is 0 Å². The number of imidazole rings is 1. The molecular formula is C14H16BrClFN3O. The van der Waals surface area contributed by atoms with E-state index in [4.69, 9.17) is 17.3 Å². The first-order valence-electron chi connectivity index (χ1n) is 6.54. The molecule has 114 valence electrons. The van der Waals surface area contributed by atoms with E-state index in [1.54, 1.807) is 17.6 Å². The molecule has 0 saturated carbocycles. The van der Waals surface area contributed by atoms with E-state index in [2.05, 4.69) is 20.9 Å². The summed E-state index contributed by atoms with van der Waals surface area (Å²) in [4.78, 5) is 16.3. The van der Waals surface area contributed by atoms with Gasteiger partial charge >= 0.3 is 0 Å². The maximum atomic E-state index is 13.9. The molecule has 2 unspecified atom stereocenters. The Bertz CT molecular complexity index is 699. The lowest BCUT2D eigenvalue weighted by Crippen LogP contribution is -2.31. The van der Waals surface area contributed by atoms with Crippen molar-refractivity contribution in [3.05, 3.63) is 28.2 Å². The van der Waals surface area contributed by atoms with Gasteiger partial charge in [-0.15, -0.1) is 11.6 Å². The molecule has 0 aliphatic heterocycles. The second-order valence-corrected chi connectivity index (χ2v) is 6.81. The molecule has 0 radical (unpaired) electrons. The van der Waals surface area contributed by atoms with Crippen LogP contribution in [0.1, 0.15) is 38.0 Å². The number of benzene rings is 1. The van der Waals surface area contributed by atoms with E-state index < -0.39 is 23.1 Å². The molecule has 2 rings (SSSR count). The molecule has 4 nitrogen and oxygen atoms in total. The quantitative estimate of drug-likeness (QED) is 0.822. The van der Waals surface area contributed by atoms with E-state index in [0.29, 0.717) is 21.3 Å². The number of amides is 1. The van der Waals surface area contributed by atoms with Crippen LogP contribution in [-0.4, -0.2) is 15.5 Å². The maximum absolute atomic E-state index is 13.9. The number of nitrogens with zero attached hydrogens (tertiary/aromatic N) is 2. The Morgan fingerprint density at radius 1 is 1.43 bits per heavy atom. The summed E-state index contributed by atoms with van der Waals surface area (Å²) < 4.78 is 15.8. The van der Waals surface area contributed by atoms with Crippen molar-refractivity contribution in [3.63, 3.8) is 0 Å². The van der Waals surface area contributed by atoms with E-state index in [1.807, 2.05) is 13.8 Å². The molecule has 1 amide bonds. The molecule has 0 saturated heterocycles. The van der Waals surface area contributed by atoms with Crippen LogP contribution in [0, 0.1) is 11.7 Å². The number of alkyl halides is 1. The lowest BCUT2D eigenvalue weighted by molar-refractivity contribution is -0.122. The summed E-state index contributed by atoms with van der Waals surface area (Å²) in [5, 5.41) is -0.431. The van der Waals surface area contributed by atoms with Gasteiger partial charge in [0.05, 0.1) is 20.9 Å². The number of carbonyl (C=O) groups is 1. The molecule has 0 aliphatic rings. The van der Waals surface area contributed by atoms with Gasteiger partial charge in [-0.2, -0.15) is 0 Å². The molecule has 0 fully saturated rings. The summed E-state index contributed by atoms with van der Waals surface area (Å²) in [6, 6.07) is 2.28. The third-order valence-electron chi connectivity index (χ3n) is 3.32. The molecular weight excluding hydrogens is 361 g/mol. The van der Waals surface area contributed by atoms with Crippen molar-refractivity contribution in [2.24, 2.45) is 11.7 Å². The zero-order valence-electron chi connectivity index (χ0n) is 11.9. The van der Waals surface area contributed by atoms with E-state index in [9.17, 15) is 9.18 Å². The van der Waals surface area contributed by atoms with Gasteiger partial charge in [-0.3, -0.25) is 4.79 Å². The number of hydrogen-bond acceptors (Lipinski definition) is 2. The number of nitrogens with two attached hydrogens (primary N) is 1. The van der Waals surface area contributed by atoms with Gasteiger partial charge in [0.15, 0.2) is 0 Å². The minimum absolute atomic E-state index is 0.0687. The van der Waals surface area contributed by atoms with E-state index >= 15 is 0 Å². The number of aromatic nitrogens is 2. The highest BCUT2D eigenvalue weighted by molar-refractivity contribution is 9.10. The van der Waals surface area contributed by atoms with Gasteiger partial charge < -0.3 is 10.3 Å². The standard InChI is InChI=1S/C14H16BrClFN3O/c1-6(2)12(13(18)21)20-11-5-9(17)8(15)4-10(11)19-14(20)7(3)16/h4-7,12H,1-3H3,(H2,18,21). The molecule has 1 aromatic heterocycles. The lowest BCUT2D eigenvalue weighted by Gasteiger charge is -2.23. The Morgan fingerprint density at radius 2 is 2.05 bits per heavy atom. The van der Waals surface area contributed by atoms with Gasteiger partial charge in [0.25, 0.3) is 0 Å². The molecule has 2 N–H and O–H groups in total. The lowest BCUT2D eigenvalue weighted by atomic mass is 10.0. The minimum Gasteiger partial charge on any atom is -0.368 e. The maximum Gasteiger partial charge on any atom is 0.240 e. The van der Waals surface area contributed by atoms with Crippen LogP contribution >= 0.6 is 27.5 Å². The van der Waals surface area contributed by atoms with Crippen molar-refractivity contribution in [3.8, 4) is 0 Å². The third kappa shape index (κ3) is 2.92. The van der Waals surface area contributed by atoms with Crippen LogP contribution in [0.15, 0.2) is 16.6 Å². The fourth-order valence-electron chi connectivity index (χ4n) is 2.44. The molecule has 0 bridgehead atoms. The first kappa shape index (κ1) is 16.2. The first-order chi connectivity index (χ1) is 9.73. The van der Waals surface area contributed by atoms with Crippen molar-refractivity contribution in [2.45, 2.75) is 32.2 Å². The Hall–Kier alpha value is -1.14. The van der Waals surface area contributed by atoms with Gasteiger partial charge in [-0.05, 0) is 34.8 Å². The second kappa shape index (κ2) is 5.93. The van der Waals surface area contributed by atoms with Crippen molar-refractivity contribution in [1.82, 2.24) is 9.55 Å². The number of halogens is 3. The van der Waals surface area contributed by atoms with Crippen LogP contribution in [0.2, 0.25) is 0 Å². The summed E-state index contributed by atoms with van der Waals surface area (Å²) in [6.07, 6.45) is 0. The number of rotatable bonds is 4. The average molecular weight is 377 g/mol. The predicted molar refractivity (Wildman–Crippen MR) is 84.7 cm³/mol. The van der Waals surface area contributed by atoms with Gasteiger partial charge in [-0.1, -0.05) is 13.8 Å². The van der Waals surface area contributed by atoms with Crippen molar-refractivity contribution < 1.29 is 9.18 Å². The Labute approximate surface area is 135 Å². The number of hydrogen-bond donors (Lipinski definition) is 1. The van der Waals surface area contributed by atoms with Crippen LogP contribution < -0.4 is 5.73 Å². The topological polar surface area (TPSA) is 60.9 Å². The second-order valence-electron chi connectivity index (χ2n) is 5.30. The number of primary amides is 1. The Balaban J connectivity index is 2.83. The molecule has 0 spiro atoms. The SMILES string of the molecule is CC(Cl)c1nc2cc(Br)c(F)cc2n1C(C(N)=O)C(C)C. The van der Waals surface area contributed by atoms with Gasteiger partial charge in [0, 0.05) is 6.07 Å². The van der Waals surface area contributed by atoms with Crippen LogP contribution in [0.5, 0.6) is 0 Å². The van der Waals surface area contributed by atoms with Crippen LogP contribution in [-0.2, 0) is 4.79 Å². The average Bonchev–Trinajstić information content (AvgIpc) is 2.68. The van der Waals surface area contributed by atoms with Gasteiger partial charge in [-0.25, -0.2) is 9.37 Å². The highest BCUT2D eigenvalue weighted by Crippen LogP contribution is 2.33. The zero-order valence-corrected chi connectivity index (χ0v) is 14.2. The van der Waals surface area contributed by atoms with E-state index in [-0.39, 0.29) is 5.92 Å². The predicted octanol–water partition coefficient (Wildman–Crippen LogP) is 3.92. The molecule has 2 atom stereocenters. The van der Waals surface area contributed by atoms with Crippen molar-refractivity contribution >= 4 is 44.5 Å². The zero-order chi connectivity index (χ0) is 15.9. The largest absolute Gasteiger partial charge is 0.368 e. The van der Waals surface area contributed by atoms with Crippen LogP contribution in [0.3, 0.4) is 0 Å². The molecule has 0 aliphatic carbocycles. The Kier molecular flexibility index (Phi) is 4.58. The minimum atomic E-state index is -0.633. The first-order valence-corrected chi connectivity index (χ1v) is 7.77. The van der Waals surface area contributed by atoms with Crippen LogP contribution in [0.25, 0.3) is 11.0 Å². The molecule has 7 heteroatoms. The fourth-order valence-corrected chi connectivity index (χ4v) is 2.92. The normalized spacial score (nSPS) is 14.6. The summed E-state index contributed by atoms with van der Waals surface area (Å²) in [5.74, 6) is -0.488. The number of fused-ring (bicyclic) bond motifs is 1. The summed E-state index contributed by atoms with van der Waals surface area (Å²) in [6.45, 7) is 5.50. The molecule has 2 aromatic rings. The summed E-state index contributed by atoms with van der Waals surface area (Å²) >= 11 is 9.31. The monoisotopic (exact) mass is 375 g/mol. The summed E-state index contributed by atoms with van der Waals surface area (Å²) in [7, 11) is 0. The highest BCUT2D eigenvalue weighted by Gasteiger charge is 2.28. The number of carbonyl (C=O) groups excluding carboxylic acids is 1. The molecule has 1 aromatic carbocycles. The fraction of sp³-hybridized carbons (Fsp3) is 0.429. The Morgan fingerprint density at radius 3 is 2.52 bits per heavy atom. The van der Waals surface area contributed by atoms with Gasteiger partial charge in [0.2, 0.25) is 5.91 Å². The molecule has 1 heterocycles. The van der Waals surface area contributed by atoms with Crippen molar-refractivity contribution in [2.75, 3.05) is 0 Å². The molecule has 21 heavy (non-hydrogen) atoms. The third-order valence-corrected chi connectivity index (χ3v) is 4.12. The van der Waals surface area contributed by atoms with E-state index in [1.165, 1.54) is 6.07 Å². The van der Waals surface area contributed by atoms with E-state index in [0.717, 1.165) is 0 Å². The summed E-state index contributed by atoms with van der Waals surface area (Å²) in [5.41, 5.74) is 6.60. The van der Waals surface area contributed by atoms with Crippen LogP contribution in [0.4, 0.5) is 4.39 Å².